The molecule has 0 saturated carbocycles. The third-order valence-electron chi connectivity index (χ3n) is 2.22. The van der Waals surface area contributed by atoms with Crippen molar-refractivity contribution in [3.63, 3.8) is 0 Å². The van der Waals surface area contributed by atoms with Gasteiger partial charge >= 0.3 is 0 Å². The number of aromatic amines is 1. The van der Waals surface area contributed by atoms with Gasteiger partial charge in [0.1, 0.15) is 0 Å². The first-order valence-electron chi connectivity index (χ1n) is 4.66. The Labute approximate surface area is 87.0 Å². The number of rotatable bonds is 1. The molecule has 0 bridgehead atoms. The van der Waals surface area contributed by atoms with E-state index >= 15 is 0 Å². The number of H-pyrrole nitrogens is 1. The highest BCUT2D eigenvalue weighted by molar-refractivity contribution is 5.60. The van der Waals surface area contributed by atoms with Crippen molar-refractivity contribution in [3.05, 3.63) is 52.3 Å². The van der Waals surface area contributed by atoms with Crippen LogP contribution in [0.1, 0.15) is 5.56 Å². The maximum Gasteiger partial charge on any atom is 0.290 e. The molecule has 0 radical (unpaired) electrons. The molecule has 0 atom stereocenters. The first kappa shape index (κ1) is 9.52. The van der Waals surface area contributed by atoms with Crippen molar-refractivity contribution in [2.24, 2.45) is 0 Å². The predicted molar refractivity (Wildman–Crippen MR) is 58.9 cm³/mol. The van der Waals surface area contributed by atoms with Crippen LogP contribution in [0.15, 0.2) is 41.2 Å². The minimum Gasteiger partial charge on any atom is -0.503 e. The van der Waals surface area contributed by atoms with E-state index in [9.17, 15) is 4.79 Å². The van der Waals surface area contributed by atoms with E-state index < -0.39 is 5.56 Å². The zero-order valence-electron chi connectivity index (χ0n) is 8.32. The van der Waals surface area contributed by atoms with Gasteiger partial charge in [0, 0.05) is 5.69 Å². The topological polar surface area (TPSA) is 53.1 Å². The summed E-state index contributed by atoms with van der Waals surface area (Å²) < 4.78 is 0. The molecule has 15 heavy (non-hydrogen) atoms. The molecule has 0 aliphatic carbocycles. The van der Waals surface area contributed by atoms with E-state index in [2.05, 4.69) is 4.98 Å². The smallest absolute Gasteiger partial charge is 0.290 e. The Bertz CT molecular complexity index is 543. The lowest BCUT2D eigenvalue weighted by molar-refractivity contribution is 0.467. The Morgan fingerprint density at radius 1 is 1.20 bits per heavy atom. The summed E-state index contributed by atoms with van der Waals surface area (Å²) >= 11 is 0. The Balaban J connectivity index is 2.55. The van der Waals surface area contributed by atoms with Gasteiger partial charge in [-0.2, -0.15) is 0 Å². The predicted octanol–water partition coefficient (Wildman–Crippen LogP) is 2.06. The second kappa shape index (κ2) is 3.61. The average Bonchev–Trinajstić information content (AvgIpc) is 2.22. The van der Waals surface area contributed by atoms with Crippen LogP contribution in [0, 0.1) is 6.92 Å². The van der Waals surface area contributed by atoms with E-state index in [1.54, 1.807) is 6.07 Å². The molecule has 0 aliphatic rings. The molecule has 0 fully saturated rings. The van der Waals surface area contributed by atoms with Crippen LogP contribution in [-0.2, 0) is 0 Å². The number of pyridine rings is 1. The molecule has 3 nitrogen and oxygen atoms in total. The van der Waals surface area contributed by atoms with Gasteiger partial charge in [0.15, 0.2) is 5.75 Å². The zero-order chi connectivity index (χ0) is 10.8. The molecule has 1 heterocycles. The van der Waals surface area contributed by atoms with Crippen LogP contribution >= 0.6 is 0 Å². The summed E-state index contributed by atoms with van der Waals surface area (Å²) in [6.45, 7) is 1.99. The molecular weight excluding hydrogens is 190 g/mol. The molecule has 0 amide bonds. The summed E-state index contributed by atoms with van der Waals surface area (Å²) in [6.07, 6.45) is 0. The average molecular weight is 201 g/mol. The summed E-state index contributed by atoms with van der Waals surface area (Å²) in [5.74, 6) is -0.258. The molecule has 3 heteroatoms. The monoisotopic (exact) mass is 201 g/mol. The second-order valence-electron chi connectivity index (χ2n) is 3.46. The van der Waals surface area contributed by atoms with Gasteiger partial charge in [-0.1, -0.05) is 23.8 Å². The van der Waals surface area contributed by atoms with E-state index in [-0.39, 0.29) is 5.75 Å². The fraction of sp³-hybridized carbons (Fsp3) is 0.0833. The van der Waals surface area contributed by atoms with Crippen LogP contribution in [0.2, 0.25) is 0 Å². The normalized spacial score (nSPS) is 10.2. The Kier molecular flexibility index (Phi) is 2.29. The maximum absolute atomic E-state index is 11.2. The van der Waals surface area contributed by atoms with Crippen LogP contribution in [0.3, 0.4) is 0 Å². The number of aromatic nitrogens is 1. The molecule has 76 valence electrons. The van der Waals surface area contributed by atoms with Gasteiger partial charge in [-0.25, -0.2) is 0 Å². The lowest BCUT2D eigenvalue weighted by atomic mass is 10.1. The lowest BCUT2D eigenvalue weighted by Crippen LogP contribution is -2.05. The summed E-state index contributed by atoms with van der Waals surface area (Å²) in [6, 6.07) is 10.9. The summed E-state index contributed by atoms with van der Waals surface area (Å²) in [4.78, 5) is 13.8. The van der Waals surface area contributed by atoms with E-state index in [0.717, 1.165) is 11.1 Å². The SMILES string of the molecule is Cc1cccc(-c2ccc(O)c(=O)[nH]2)c1. The number of hydrogen-bond acceptors (Lipinski definition) is 2. The van der Waals surface area contributed by atoms with Crippen molar-refractivity contribution >= 4 is 0 Å². The third-order valence-corrected chi connectivity index (χ3v) is 2.22. The van der Waals surface area contributed by atoms with Gasteiger partial charge < -0.3 is 10.1 Å². The Morgan fingerprint density at radius 2 is 2.00 bits per heavy atom. The fourth-order valence-corrected chi connectivity index (χ4v) is 1.45. The summed E-state index contributed by atoms with van der Waals surface area (Å²) in [7, 11) is 0. The zero-order valence-corrected chi connectivity index (χ0v) is 8.32. The molecule has 0 aliphatic heterocycles. The van der Waals surface area contributed by atoms with Gasteiger partial charge in [0.05, 0.1) is 0 Å². The second-order valence-corrected chi connectivity index (χ2v) is 3.46. The number of aryl methyl sites for hydroxylation is 1. The van der Waals surface area contributed by atoms with E-state index in [1.807, 2.05) is 31.2 Å². The van der Waals surface area contributed by atoms with Crippen molar-refractivity contribution < 1.29 is 5.11 Å². The highest BCUT2D eigenvalue weighted by Gasteiger charge is 2.01. The molecule has 0 saturated heterocycles. The molecule has 0 unspecified atom stereocenters. The Hall–Kier alpha value is -2.03. The minimum absolute atomic E-state index is 0.258. The van der Waals surface area contributed by atoms with Crippen LogP contribution in [0.4, 0.5) is 0 Å². The van der Waals surface area contributed by atoms with Gasteiger partial charge in [0.2, 0.25) is 0 Å². The fourth-order valence-electron chi connectivity index (χ4n) is 1.45. The molecule has 0 spiro atoms. The van der Waals surface area contributed by atoms with Crippen molar-refractivity contribution in [3.8, 4) is 17.0 Å². The van der Waals surface area contributed by atoms with Gasteiger partial charge in [0.25, 0.3) is 5.56 Å². The number of hydrogen-bond donors (Lipinski definition) is 2. The third kappa shape index (κ3) is 1.91. The van der Waals surface area contributed by atoms with Crippen LogP contribution in [-0.4, -0.2) is 10.1 Å². The van der Waals surface area contributed by atoms with E-state index in [1.165, 1.54) is 6.07 Å². The van der Waals surface area contributed by atoms with E-state index in [4.69, 9.17) is 5.11 Å². The van der Waals surface area contributed by atoms with Crippen molar-refractivity contribution in [2.45, 2.75) is 6.92 Å². The highest BCUT2D eigenvalue weighted by atomic mass is 16.3. The maximum atomic E-state index is 11.2. The van der Waals surface area contributed by atoms with Crippen molar-refractivity contribution in [2.75, 3.05) is 0 Å². The summed E-state index contributed by atoms with van der Waals surface area (Å²) in [5, 5.41) is 9.10. The number of nitrogens with one attached hydrogen (secondary N) is 1. The minimum atomic E-state index is -0.464. The van der Waals surface area contributed by atoms with Crippen LogP contribution < -0.4 is 5.56 Å². The molecule has 1 aromatic carbocycles. The number of benzene rings is 1. The van der Waals surface area contributed by atoms with Crippen LogP contribution in [0.25, 0.3) is 11.3 Å². The Morgan fingerprint density at radius 3 is 2.67 bits per heavy atom. The molecule has 1 aromatic heterocycles. The standard InChI is InChI=1S/C12H11NO2/c1-8-3-2-4-9(7-8)10-5-6-11(14)12(15)13-10/h2-7,14H,1H3,(H,13,15). The van der Waals surface area contributed by atoms with Crippen LogP contribution in [0.5, 0.6) is 5.75 Å². The number of aromatic hydroxyl groups is 1. The van der Waals surface area contributed by atoms with Gasteiger partial charge in [-0.15, -0.1) is 0 Å². The first-order valence-corrected chi connectivity index (χ1v) is 4.66. The van der Waals surface area contributed by atoms with Crippen molar-refractivity contribution in [1.29, 1.82) is 0 Å². The molecule has 2 rings (SSSR count). The molecule has 2 N–H and O–H groups in total. The quantitative estimate of drug-likeness (QED) is 0.742. The van der Waals surface area contributed by atoms with Gasteiger partial charge in [-0.3, -0.25) is 4.79 Å². The van der Waals surface area contributed by atoms with Gasteiger partial charge in [-0.05, 0) is 30.7 Å². The van der Waals surface area contributed by atoms with E-state index in [0.29, 0.717) is 5.69 Å². The molecular formula is C12H11NO2. The first-order chi connectivity index (χ1) is 7.16. The molecule has 2 aromatic rings. The largest absolute Gasteiger partial charge is 0.503 e. The summed E-state index contributed by atoms with van der Waals surface area (Å²) in [5.41, 5.74) is 2.31. The lowest BCUT2D eigenvalue weighted by Gasteiger charge is -2.02. The van der Waals surface area contributed by atoms with Crippen molar-refractivity contribution in [1.82, 2.24) is 4.98 Å². The highest BCUT2D eigenvalue weighted by Crippen LogP contribution is 2.17.